The summed E-state index contributed by atoms with van der Waals surface area (Å²) < 4.78 is 11.1. The maximum absolute atomic E-state index is 10.9. The number of ether oxygens (including phenoxy) is 2. The first-order valence-electron chi connectivity index (χ1n) is 9.98. The molecule has 0 aromatic heterocycles. The predicted molar refractivity (Wildman–Crippen MR) is 115 cm³/mol. The number of methoxy groups -OCH3 is 2. The van der Waals surface area contributed by atoms with Crippen LogP contribution in [0.3, 0.4) is 0 Å². The molecule has 0 amide bonds. The number of fused-ring (bicyclic) bond motifs is 1. The topological polar surface area (TPSA) is 41.9 Å². The van der Waals surface area contributed by atoms with E-state index in [2.05, 4.69) is 41.3 Å². The molecule has 1 heterocycles. The number of β-amino-alcohol motifs (C(OH)–C–C–N with tert-alkyl or cyclic N) is 1. The molecular weight excluding hydrogens is 362 g/mol. The molecule has 3 aromatic rings. The van der Waals surface area contributed by atoms with Crippen LogP contribution in [-0.2, 0) is 6.42 Å². The van der Waals surface area contributed by atoms with E-state index < -0.39 is 6.10 Å². The Morgan fingerprint density at radius 2 is 1.55 bits per heavy atom. The molecule has 0 radical (unpaired) electrons. The highest BCUT2D eigenvalue weighted by Crippen LogP contribution is 2.41. The molecule has 2 atom stereocenters. The van der Waals surface area contributed by atoms with Gasteiger partial charge in [-0.1, -0.05) is 60.7 Å². The van der Waals surface area contributed by atoms with Gasteiger partial charge in [0, 0.05) is 13.1 Å². The maximum Gasteiger partial charge on any atom is 0.161 e. The molecule has 4 heteroatoms. The number of rotatable bonds is 6. The Bertz CT molecular complexity index is 943. The Morgan fingerprint density at radius 3 is 2.21 bits per heavy atom. The number of hydrogen-bond acceptors (Lipinski definition) is 4. The van der Waals surface area contributed by atoms with Crippen LogP contribution in [0.15, 0.2) is 72.8 Å². The van der Waals surface area contributed by atoms with Crippen molar-refractivity contribution in [3.05, 3.63) is 95.1 Å². The number of aliphatic hydroxyl groups excluding tert-OH is 1. The van der Waals surface area contributed by atoms with Gasteiger partial charge in [-0.15, -0.1) is 0 Å². The minimum atomic E-state index is -0.538. The summed E-state index contributed by atoms with van der Waals surface area (Å²) >= 11 is 0. The van der Waals surface area contributed by atoms with Crippen LogP contribution in [0.1, 0.15) is 34.4 Å². The van der Waals surface area contributed by atoms with Gasteiger partial charge in [0.15, 0.2) is 11.5 Å². The average molecular weight is 389 g/mol. The lowest BCUT2D eigenvalue weighted by atomic mass is 9.87. The van der Waals surface area contributed by atoms with E-state index in [0.717, 1.165) is 30.0 Å². The van der Waals surface area contributed by atoms with Crippen LogP contribution < -0.4 is 9.47 Å². The lowest BCUT2D eigenvalue weighted by Crippen LogP contribution is -2.38. The average Bonchev–Trinajstić information content (AvgIpc) is 2.79. The highest BCUT2D eigenvalue weighted by Gasteiger charge is 2.31. The second-order valence-corrected chi connectivity index (χ2v) is 7.39. The highest BCUT2D eigenvalue weighted by molar-refractivity contribution is 5.51. The SMILES string of the molecule is COc1cc2c(cc1OC)[C@@H](c1ccccc1)N(C[C@H](O)c1ccccc1)CC2. The van der Waals surface area contributed by atoms with Gasteiger partial charge in [0.05, 0.1) is 26.4 Å². The molecule has 0 bridgehead atoms. The lowest BCUT2D eigenvalue weighted by Gasteiger charge is -2.39. The molecule has 4 nitrogen and oxygen atoms in total. The van der Waals surface area contributed by atoms with Crippen molar-refractivity contribution in [3.8, 4) is 11.5 Å². The molecule has 29 heavy (non-hydrogen) atoms. The molecule has 4 rings (SSSR count). The molecule has 0 saturated carbocycles. The molecule has 3 aromatic carbocycles. The minimum absolute atomic E-state index is 0.0538. The quantitative estimate of drug-likeness (QED) is 0.679. The van der Waals surface area contributed by atoms with Crippen molar-refractivity contribution in [3.63, 3.8) is 0 Å². The fourth-order valence-corrected chi connectivity index (χ4v) is 4.22. The van der Waals surface area contributed by atoms with Gasteiger partial charge >= 0.3 is 0 Å². The number of nitrogens with zero attached hydrogens (tertiary/aromatic N) is 1. The first-order valence-corrected chi connectivity index (χ1v) is 9.98. The number of hydrogen-bond donors (Lipinski definition) is 1. The van der Waals surface area contributed by atoms with Crippen molar-refractivity contribution in [1.29, 1.82) is 0 Å². The van der Waals surface area contributed by atoms with Crippen LogP contribution in [0.5, 0.6) is 11.5 Å². The van der Waals surface area contributed by atoms with Crippen LogP contribution >= 0.6 is 0 Å². The van der Waals surface area contributed by atoms with E-state index in [0.29, 0.717) is 6.54 Å². The maximum atomic E-state index is 10.9. The van der Waals surface area contributed by atoms with Gasteiger partial charge in [-0.3, -0.25) is 4.90 Å². The van der Waals surface area contributed by atoms with E-state index in [9.17, 15) is 5.11 Å². The molecule has 1 N–H and O–H groups in total. The summed E-state index contributed by atoms with van der Waals surface area (Å²) in [5.41, 5.74) is 4.63. The van der Waals surface area contributed by atoms with Gasteiger partial charge in [0.1, 0.15) is 0 Å². The molecule has 0 fully saturated rings. The van der Waals surface area contributed by atoms with Gasteiger partial charge in [0.25, 0.3) is 0 Å². The van der Waals surface area contributed by atoms with Gasteiger partial charge in [-0.2, -0.15) is 0 Å². The van der Waals surface area contributed by atoms with Crippen LogP contribution in [0.4, 0.5) is 0 Å². The largest absolute Gasteiger partial charge is 0.493 e. The first kappa shape index (κ1) is 19.5. The third kappa shape index (κ3) is 4.00. The van der Waals surface area contributed by atoms with Crippen molar-refractivity contribution >= 4 is 0 Å². The minimum Gasteiger partial charge on any atom is -0.493 e. The van der Waals surface area contributed by atoms with E-state index in [1.165, 1.54) is 16.7 Å². The van der Waals surface area contributed by atoms with Crippen LogP contribution in [0.2, 0.25) is 0 Å². The molecule has 150 valence electrons. The van der Waals surface area contributed by atoms with Crippen molar-refractivity contribution < 1.29 is 14.6 Å². The molecule has 1 aliphatic heterocycles. The molecule has 0 unspecified atom stereocenters. The zero-order valence-electron chi connectivity index (χ0n) is 16.9. The van der Waals surface area contributed by atoms with E-state index >= 15 is 0 Å². The second-order valence-electron chi connectivity index (χ2n) is 7.39. The van der Waals surface area contributed by atoms with E-state index in [-0.39, 0.29) is 6.04 Å². The molecule has 0 aliphatic carbocycles. The summed E-state index contributed by atoms with van der Waals surface area (Å²) in [6, 6.07) is 24.6. The van der Waals surface area contributed by atoms with E-state index in [1.54, 1.807) is 14.2 Å². The van der Waals surface area contributed by atoms with Crippen LogP contribution in [0, 0.1) is 0 Å². The smallest absolute Gasteiger partial charge is 0.161 e. The van der Waals surface area contributed by atoms with Crippen LogP contribution in [-0.4, -0.2) is 37.3 Å². The summed E-state index contributed by atoms with van der Waals surface area (Å²) in [5, 5.41) is 10.9. The first-order chi connectivity index (χ1) is 14.2. The molecular formula is C25H27NO3. The van der Waals surface area contributed by atoms with Crippen molar-refractivity contribution in [2.24, 2.45) is 0 Å². The normalized spacial score (nSPS) is 17.4. The standard InChI is InChI=1S/C25H27NO3/c1-28-23-15-20-13-14-26(17-22(27)18-9-5-3-6-10-18)25(19-11-7-4-8-12-19)21(20)16-24(23)29-2/h3-12,15-16,22,25,27H,13-14,17H2,1-2H3/t22-,25+/m0/s1. The third-order valence-corrected chi connectivity index (χ3v) is 5.68. The van der Waals surface area contributed by atoms with Gasteiger partial charge in [-0.25, -0.2) is 0 Å². The summed E-state index contributed by atoms with van der Waals surface area (Å²) in [4.78, 5) is 2.36. The highest BCUT2D eigenvalue weighted by atomic mass is 16.5. The summed E-state index contributed by atoms with van der Waals surface area (Å²) in [7, 11) is 3.34. The fraction of sp³-hybridized carbons (Fsp3) is 0.280. The number of aliphatic hydroxyl groups is 1. The predicted octanol–water partition coefficient (Wildman–Crippen LogP) is 4.38. The monoisotopic (exact) mass is 389 g/mol. The van der Waals surface area contributed by atoms with E-state index in [1.807, 2.05) is 36.4 Å². The van der Waals surface area contributed by atoms with Gasteiger partial charge in [0.2, 0.25) is 0 Å². The fourth-order valence-electron chi connectivity index (χ4n) is 4.22. The zero-order valence-corrected chi connectivity index (χ0v) is 16.9. The summed E-state index contributed by atoms with van der Waals surface area (Å²) in [6.45, 7) is 1.43. The molecule has 1 aliphatic rings. The van der Waals surface area contributed by atoms with Gasteiger partial charge in [-0.05, 0) is 40.8 Å². The molecule has 0 spiro atoms. The second kappa shape index (κ2) is 8.68. The van der Waals surface area contributed by atoms with Crippen molar-refractivity contribution in [2.45, 2.75) is 18.6 Å². The van der Waals surface area contributed by atoms with Crippen molar-refractivity contribution in [1.82, 2.24) is 4.90 Å². The Labute approximate surface area is 172 Å². The van der Waals surface area contributed by atoms with Crippen molar-refractivity contribution in [2.75, 3.05) is 27.3 Å². The Hall–Kier alpha value is -2.82. The summed E-state index contributed by atoms with van der Waals surface area (Å²) in [5.74, 6) is 1.49. The third-order valence-electron chi connectivity index (χ3n) is 5.68. The Kier molecular flexibility index (Phi) is 5.84. The Balaban J connectivity index is 1.73. The van der Waals surface area contributed by atoms with Gasteiger partial charge < -0.3 is 14.6 Å². The zero-order chi connectivity index (χ0) is 20.2. The molecule has 0 saturated heterocycles. The number of benzene rings is 3. The van der Waals surface area contributed by atoms with E-state index in [4.69, 9.17) is 9.47 Å². The Morgan fingerprint density at radius 1 is 0.931 bits per heavy atom. The van der Waals surface area contributed by atoms with Crippen LogP contribution in [0.25, 0.3) is 0 Å². The summed E-state index contributed by atoms with van der Waals surface area (Å²) in [6.07, 6.45) is 0.365. The lowest BCUT2D eigenvalue weighted by molar-refractivity contribution is 0.0920.